The second-order valence-corrected chi connectivity index (χ2v) is 7.96. The maximum atomic E-state index is 11.8. The van der Waals surface area contributed by atoms with Crippen LogP contribution in [0.3, 0.4) is 0 Å². The van der Waals surface area contributed by atoms with Gasteiger partial charge in [0.2, 0.25) is 0 Å². The third kappa shape index (κ3) is 9.53. The van der Waals surface area contributed by atoms with E-state index >= 15 is 0 Å². The maximum Gasteiger partial charge on any atom is 0.250 e. The standard InChI is InChI=1S/C18H32N4OS.HI/c1-6-19-17(21-14-18(3,4)24-5)20-12-7-8-13-22-15(2)10-9-11-16(22)23;/h9-11H,6-8,12-14H2,1-5H3,(H2,19,20,21);1H. The lowest BCUT2D eigenvalue weighted by atomic mass is 10.2. The van der Waals surface area contributed by atoms with Crippen LogP contribution < -0.4 is 16.2 Å². The number of halogens is 1. The minimum Gasteiger partial charge on any atom is -0.357 e. The zero-order valence-electron chi connectivity index (χ0n) is 16.1. The summed E-state index contributed by atoms with van der Waals surface area (Å²) in [6.45, 7) is 11.7. The predicted molar refractivity (Wildman–Crippen MR) is 122 cm³/mol. The third-order valence-corrected chi connectivity index (χ3v) is 5.12. The van der Waals surface area contributed by atoms with Gasteiger partial charge in [-0.25, -0.2) is 0 Å². The molecule has 1 aromatic heterocycles. The average Bonchev–Trinajstić information content (AvgIpc) is 2.54. The van der Waals surface area contributed by atoms with Crippen molar-refractivity contribution in [1.29, 1.82) is 0 Å². The van der Waals surface area contributed by atoms with Crippen molar-refractivity contribution >= 4 is 41.7 Å². The molecule has 0 fully saturated rings. The van der Waals surface area contributed by atoms with Gasteiger partial charge in [-0.05, 0) is 52.9 Å². The Hall–Kier alpha value is -0.700. The zero-order valence-corrected chi connectivity index (χ0v) is 19.2. The molecular formula is C18H33IN4OS. The number of pyridine rings is 1. The first-order valence-corrected chi connectivity index (χ1v) is 9.86. The molecule has 1 aromatic rings. The highest BCUT2D eigenvalue weighted by atomic mass is 127. The largest absolute Gasteiger partial charge is 0.357 e. The fourth-order valence-electron chi connectivity index (χ4n) is 2.19. The van der Waals surface area contributed by atoms with E-state index in [0.29, 0.717) is 0 Å². The summed E-state index contributed by atoms with van der Waals surface area (Å²) < 4.78 is 1.98. The highest BCUT2D eigenvalue weighted by Gasteiger charge is 2.15. The molecule has 0 amide bonds. The number of nitrogens with one attached hydrogen (secondary N) is 2. The molecule has 0 unspecified atom stereocenters. The quantitative estimate of drug-likeness (QED) is 0.247. The number of aryl methyl sites for hydroxylation is 1. The van der Waals surface area contributed by atoms with Crippen LogP contribution in [-0.2, 0) is 6.54 Å². The third-order valence-electron chi connectivity index (χ3n) is 3.88. The molecule has 0 aliphatic carbocycles. The second-order valence-electron chi connectivity index (χ2n) is 6.45. The molecule has 0 aliphatic heterocycles. The molecule has 0 saturated carbocycles. The summed E-state index contributed by atoms with van der Waals surface area (Å²) in [7, 11) is 0. The van der Waals surface area contributed by atoms with Crippen molar-refractivity contribution in [3.05, 3.63) is 34.2 Å². The van der Waals surface area contributed by atoms with Crippen molar-refractivity contribution in [3.63, 3.8) is 0 Å². The van der Waals surface area contributed by atoms with E-state index in [2.05, 4.69) is 42.7 Å². The van der Waals surface area contributed by atoms with E-state index in [-0.39, 0.29) is 34.3 Å². The molecule has 0 aliphatic rings. The fraction of sp³-hybridized carbons (Fsp3) is 0.667. The Balaban J connectivity index is 0.00000576. The minimum absolute atomic E-state index is 0. The second kappa shape index (κ2) is 12.6. The lowest BCUT2D eigenvalue weighted by molar-refractivity contribution is 0.574. The Bertz CT molecular complexity index is 587. The van der Waals surface area contributed by atoms with Crippen molar-refractivity contribution in [3.8, 4) is 0 Å². The Morgan fingerprint density at radius 1 is 1.28 bits per heavy atom. The lowest BCUT2D eigenvalue weighted by Gasteiger charge is -2.20. The molecule has 0 bridgehead atoms. The summed E-state index contributed by atoms with van der Waals surface area (Å²) in [6.07, 6.45) is 4.08. The number of aromatic nitrogens is 1. The van der Waals surface area contributed by atoms with Crippen molar-refractivity contribution in [2.24, 2.45) is 4.99 Å². The van der Waals surface area contributed by atoms with Gasteiger partial charge in [0.1, 0.15) is 0 Å². The van der Waals surface area contributed by atoms with Crippen LogP contribution in [0, 0.1) is 6.92 Å². The number of hydrogen-bond acceptors (Lipinski definition) is 3. The number of rotatable bonds is 9. The van der Waals surface area contributed by atoms with E-state index in [9.17, 15) is 4.79 Å². The van der Waals surface area contributed by atoms with Gasteiger partial charge in [0.25, 0.3) is 5.56 Å². The molecule has 25 heavy (non-hydrogen) atoms. The molecule has 5 nitrogen and oxygen atoms in total. The van der Waals surface area contributed by atoms with E-state index in [1.54, 1.807) is 6.07 Å². The number of thioether (sulfide) groups is 1. The molecule has 144 valence electrons. The van der Waals surface area contributed by atoms with Gasteiger partial charge >= 0.3 is 0 Å². The maximum absolute atomic E-state index is 11.8. The smallest absolute Gasteiger partial charge is 0.250 e. The van der Waals surface area contributed by atoms with Crippen molar-refractivity contribution < 1.29 is 0 Å². The van der Waals surface area contributed by atoms with E-state index in [4.69, 9.17) is 0 Å². The lowest BCUT2D eigenvalue weighted by Crippen LogP contribution is -2.39. The van der Waals surface area contributed by atoms with Gasteiger partial charge in [0.15, 0.2) is 5.96 Å². The van der Waals surface area contributed by atoms with Gasteiger partial charge in [-0.15, -0.1) is 24.0 Å². The summed E-state index contributed by atoms with van der Waals surface area (Å²) in [4.78, 5) is 16.5. The Labute approximate surface area is 173 Å². The van der Waals surface area contributed by atoms with Crippen LogP contribution in [0.4, 0.5) is 0 Å². The van der Waals surface area contributed by atoms with Crippen molar-refractivity contribution in [2.75, 3.05) is 25.9 Å². The van der Waals surface area contributed by atoms with Crippen molar-refractivity contribution in [1.82, 2.24) is 15.2 Å². The number of hydrogen-bond donors (Lipinski definition) is 2. The molecule has 7 heteroatoms. The van der Waals surface area contributed by atoms with E-state index in [1.807, 2.05) is 35.4 Å². The summed E-state index contributed by atoms with van der Waals surface area (Å²) in [5.41, 5.74) is 1.10. The monoisotopic (exact) mass is 480 g/mol. The van der Waals surface area contributed by atoms with Crippen LogP contribution in [0.2, 0.25) is 0 Å². The summed E-state index contributed by atoms with van der Waals surface area (Å²) in [5, 5.41) is 6.66. The Kier molecular flexibility index (Phi) is 12.3. The number of aliphatic imine (C=N–C) groups is 1. The average molecular weight is 480 g/mol. The first-order valence-electron chi connectivity index (χ1n) is 8.63. The Morgan fingerprint density at radius 2 is 2.00 bits per heavy atom. The van der Waals surface area contributed by atoms with Crippen LogP contribution in [-0.4, -0.2) is 41.2 Å². The topological polar surface area (TPSA) is 58.4 Å². The number of guanidine groups is 1. The van der Waals surface area contributed by atoms with Gasteiger partial charge in [0, 0.05) is 36.1 Å². The van der Waals surface area contributed by atoms with Crippen LogP contribution in [0.5, 0.6) is 0 Å². The number of unbranched alkanes of at least 4 members (excludes halogenated alkanes) is 1. The summed E-state index contributed by atoms with van der Waals surface area (Å²) in [5.74, 6) is 0.868. The van der Waals surface area contributed by atoms with Gasteiger partial charge < -0.3 is 15.2 Å². The predicted octanol–water partition coefficient (Wildman–Crippen LogP) is 3.25. The molecule has 0 atom stereocenters. The van der Waals surface area contributed by atoms with Crippen LogP contribution in [0.1, 0.15) is 39.3 Å². The molecule has 1 heterocycles. The van der Waals surface area contributed by atoms with Gasteiger partial charge in [-0.2, -0.15) is 11.8 Å². The minimum atomic E-state index is 0. The molecule has 2 N–H and O–H groups in total. The zero-order chi connectivity index (χ0) is 18.0. The van der Waals surface area contributed by atoms with Gasteiger partial charge in [-0.3, -0.25) is 9.79 Å². The number of nitrogens with zero attached hydrogens (tertiary/aromatic N) is 2. The molecule has 0 aromatic carbocycles. The first kappa shape index (κ1) is 24.3. The molecule has 1 rings (SSSR count). The van der Waals surface area contributed by atoms with Gasteiger partial charge in [-0.1, -0.05) is 6.07 Å². The first-order chi connectivity index (χ1) is 11.4. The van der Waals surface area contributed by atoms with Crippen LogP contribution in [0.25, 0.3) is 0 Å². The SMILES string of the molecule is CCNC(=NCC(C)(C)SC)NCCCCn1c(C)cccc1=O.I. The van der Waals surface area contributed by atoms with Crippen LogP contribution in [0.15, 0.2) is 28.0 Å². The molecular weight excluding hydrogens is 447 g/mol. The van der Waals surface area contributed by atoms with Gasteiger partial charge in [0.05, 0.1) is 6.54 Å². The van der Waals surface area contributed by atoms with E-state index in [0.717, 1.165) is 50.7 Å². The summed E-state index contributed by atoms with van der Waals surface area (Å²) >= 11 is 1.82. The van der Waals surface area contributed by atoms with E-state index in [1.165, 1.54) is 0 Å². The summed E-state index contributed by atoms with van der Waals surface area (Å²) in [6, 6.07) is 5.41. The fourth-order valence-corrected chi connectivity index (χ4v) is 2.38. The molecule has 0 radical (unpaired) electrons. The highest BCUT2D eigenvalue weighted by molar-refractivity contribution is 14.0. The molecule has 0 saturated heterocycles. The van der Waals surface area contributed by atoms with Crippen LogP contribution >= 0.6 is 35.7 Å². The molecule has 0 spiro atoms. The Morgan fingerprint density at radius 3 is 2.60 bits per heavy atom. The highest BCUT2D eigenvalue weighted by Crippen LogP contribution is 2.20. The van der Waals surface area contributed by atoms with E-state index < -0.39 is 0 Å². The van der Waals surface area contributed by atoms with Crippen molar-refractivity contribution in [2.45, 2.75) is 51.8 Å². The normalized spacial score (nSPS) is 11.8.